The minimum atomic E-state index is -0.260. The Morgan fingerprint density at radius 2 is 1.84 bits per heavy atom. The maximum atomic E-state index is 13.7. The molecule has 6 heteroatoms. The third kappa shape index (κ3) is 5.03. The van der Waals surface area contributed by atoms with Crippen molar-refractivity contribution in [2.45, 2.75) is 45.8 Å². The molecule has 2 aliphatic heterocycles. The maximum Gasteiger partial charge on any atom is 0.150 e. The first-order valence-electron chi connectivity index (χ1n) is 11.6. The SMILES string of the molecule is CC1CN(C2CCOCC2)CC(C)C1O.Cc1cccc(-c2ccnc3[nH]cc(F)c23)c1. The van der Waals surface area contributed by atoms with Crippen LogP contribution in [0.4, 0.5) is 4.39 Å². The molecule has 2 saturated heterocycles. The number of pyridine rings is 1. The van der Waals surface area contributed by atoms with E-state index in [4.69, 9.17) is 4.74 Å². The normalized spacial score (nSPS) is 24.8. The van der Waals surface area contributed by atoms with Crippen LogP contribution in [0.3, 0.4) is 0 Å². The molecule has 172 valence electrons. The van der Waals surface area contributed by atoms with Crippen LogP contribution in [0.15, 0.2) is 42.7 Å². The van der Waals surface area contributed by atoms with Gasteiger partial charge in [0.1, 0.15) is 5.65 Å². The Hall–Kier alpha value is -2.28. The van der Waals surface area contributed by atoms with Crippen molar-refractivity contribution in [2.75, 3.05) is 26.3 Å². The van der Waals surface area contributed by atoms with E-state index in [1.165, 1.54) is 6.20 Å². The van der Waals surface area contributed by atoms with Gasteiger partial charge in [-0.1, -0.05) is 43.7 Å². The van der Waals surface area contributed by atoms with Crippen molar-refractivity contribution in [1.29, 1.82) is 0 Å². The highest BCUT2D eigenvalue weighted by Gasteiger charge is 2.33. The summed E-state index contributed by atoms with van der Waals surface area (Å²) in [6.45, 7) is 10.3. The first kappa shape index (κ1) is 22.9. The van der Waals surface area contributed by atoms with Gasteiger partial charge in [-0.05, 0) is 48.8 Å². The Morgan fingerprint density at radius 3 is 2.53 bits per heavy atom. The quantitative estimate of drug-likeness (QED) is 0.603. The van der Waals surface area contributed by atoms with Crippen molar-refractivity contribution in [3.05, 3.63) is 54.1 Å². The van der Waals surface area contributed by atoms with Crippen LogP contribution in [-0.2, 0) is 4.74 Å². The minimum absolute atomic E-state index is 0.110. The van der Waals surface area contributed by atoms with Gasteiger partial charge in [-0.2, -0.15) is 0 Å². The number of hydrogen-bond donors (Lipinski definition) is 2. The molecule has 2 aromatic heterocycles. The number of H-pyrrole nitrogens is 1. The van der Waals surface area contributed by atoms with Crippen LogP contribution in [0.25, 0.3) is 22.2 Å². The number of hydrogen-bond acceptors (Lipinski definition) is 4. The third-order valence-electron chi connectivity index (χ3n) is 6.77. The number of likely N-dealkylation sites (tertiary alicyclic amines) is 1. The molecule has 2 aliphatic rings. The van der Waals surface area contributed by atoms with E-state index in [-0.39, 0.29) is 11.9 Å². The van der Waals surface area contributed by atoms with Gasteiger partial charge in [-0.15, -0.1) is 0 Å². The largest absolute Gasteiger partial charge is 0.392 e. The molecule has 2 N–H and O–H groups in total. The molecule has 0 spiro atoms. The molecule has 2 atom stereocenters. The molecule has 0 aliphatic carbocycles. The van der Waals surface area contributed by atoms with Gasteiger partial charge in [0.05, 0.1) is 11.5 Å². The van der Waals surface area contributed by atoms with Crippen molar-refractivity contribution in [2.24, 2.45) is 11.8 Å². The second-order valence-corrected chi connectivity index (χ2v) is 9.33. The number of fused-ring (bicyclic) bond motifs is 1. The van der Waals surface area contributed by atoms with Gasteiger partial charge < -0.3 is 14.8 Å². The van der Waals surface area contributed by atoms with Crippen molar-refractivity contribution in [1.82, 2.24) is 14.9 Å². The fourth-order valence-electron chi connectivity index (χ4n) is 5.01. The highest BCUT2D eigenvalue weighted by atomic mass is 19.1. The number of aromatic amines is 1. The van der Waals surface area contributed by atoms with Crippen LogP contribution in [0.1, 0.15) is 32.3 Å². The molecule has 2 unspecified atom stereocenters. The summed E-state index contributed by atoms with van der Waals surface area (Å²) in [4.78, 5) is 9.50. The smallest absolute Gasteiger partial charge is 0.150 e. The molecule has 0 amide bonds. The average molecular weight is 440 g/mol. The number of aryl methyl sites for hydroxylation is 1. The van der Waals surface area contributed by atoms with Crippen molar-refractivity contribution in [3.8, 4) is 11.1 Å². The van der Waals surface area contributed by atoms with Crippen LogP contribution in [0, 0.1) is 24.6 Å². The number of aromatic nitrogens is 2. The third-order valence-corrected chi connectivity index (χ3v) is 6.77. The Kier molecular flexibility index (Phi) is 7.23. The van der Waals surface area contributed by atoms with E-state index < -0.39 is 0 Å². The molecule has 0 radical (unpaired) electrons. The standard InChI is InChI=1S/C14H11FN2.C12H23NO2/c1-9-3-2-4-10(7-9)11-5-6-16-14-13(11)12(15)8-17-14;1-9-7-13(8-10(2)12(9)14)11-3-5-15-6-4-11/h2-8H,1H3,(H,16,17);9-12,14H,3-8H2,1-2H3. The van der Waals surface area contributed by atoms with Crippen molar-refractivity contribution < 1.29 is 14.2 Å². The first-order valence-corrected chi connectivity index (χ1v) is 11.6. The van der Waals surface area contributed by atoms with E-state index in [1.807, 2.05) is 37.3 Å². The zero-order chi connectivity index (χ0) is 22.7. The number of aliphatic hydroxyl groups excluding tert-OH is 1. The van der Waals surface area contributed by atoms with Crippen LogP contribution >= 0.6 is 0 Å². The summed E-state index contributed by atoms with van der Waals surface area (Å²) in [5.41, 5.74) is 3.62. The molecule has 0 saturated carbocycles. The summed E-state index contributed by atoms with van der Waals surface area (Å²) < 4.78 is 19.1. The molecule has 4 heterocycles. The minimum Gasteiger partial charge on any atom is -0.392 e. The monoisotopic (exact) mass is 439 g/mol. The molecule has 5 nitrogen and oxygen atoms in total. The number of nitrogens with one attached hydrogen (secondary N) is 1. The molecule has 1 aromatic carbocycles. The molecule has 0 bridgehead atoms. The Balaban J connectivity index is 0.000000155. The van der Waals surface area contributed by atoms with Gasteiger partial charge in [0, 0.05) is 44.7 Å². The first-order chi connectivity index (χ1) is 15.4. The van der Waals surface area contributed by atoms with E-state index >= 15 is 0 Å². The van der Waals surface area contributed by atoms with Gasteiger partial charge in [0.2, 0.25) is 0 Å². The highest BCUT2D eigenvalue weighted by molar-refractivity contribution is 5.93. The van der Waals surface area contributed by atoms with E-state index in [9.17, 15) is 9.50 Å². The van der Waals surface area contributed by atoms with Gasteiger partial charge in [0.25, 0.3) is 0 Å². The van der Waals surface area contributed by atoms with E-state index in [1.54, 1.807) is 6.20 Å². The lowest BCUT2D eigenvalue weighted by atomic mass is 9.87. The second kappa shape index (κ2) is 10.1. The second-order valence-electron chi connectivity index (χ2n) is 9.33. The lowest BCUT2D eigenvalue weighted by molar-refractivity contribution is -0.0450. The Bertz CT molecular complexity index is 1020. The predicted molar refractivity (Wildman–Crippen MR) is 126 cm³/mol. The maximum absolute atomic E-state index is 13.7. The molecule has 5 rings (SSSR count). The number of piperidine rings is 1. The van der Waals surface area contributed by atoms with Gasteiger partial charge in [-0.25, -0.2) is 9.37 Å². The summed E-state index contributed by atoms with van der Waals surface area (Å²) in [5.74, 6) is 0.567. The number of nitrogens with zero attached hydrogens (tertiary/aromatic N) is 2. The molecule has 3 aromatic rings. The van der Waals surface area contributed by atoms with E-state index in [0.717, 1.165) is 55.8 Å². The average Bonchev–Trinajstić information content (AvgIpc) is 3.19. The Labute approximate surface area is 189 Å². The molecular weight excluding hydrogens is 405 g/mol. The van der Waals surface area contributed by atoms with Gasteiger partial charge >= 0.3 is 0 Å². The topological polar surface area (TPSA) is 61.4 Å². The van der Waals surface area contributed by atoms with Crippen molar-refractivity contribution >= 4 is 11.0 Å². The van der Waals surface area contributed by atoms with Crippen molar-refractivity contribution in [3.63, 3.8) is 0 Å². The number of rotatable bonds is 2. The lowest BCUT2D eigenvalue weighted by Crippen LogP contribution is -2.52. The number of halogens is 1. The van der Waals surface area contributed by atoms with E-state index in [0.29, 0.717) is 28.9 Å². The number of aliphatic hydroxyl groups is 1. The van der Waals surface area contributed by atoms with Crippen LogP contribution < -0.4 is 0 Å². The summed E-state index contributed by atoms with van der Waals surface area (Å²) in [5, 5.41) is 10.5. The summed E-state index contributed by atoms with van der Waals surface area (Å²) >= 11 is 0. The highest BCUT2D eigenvalue weighted by Crippen LogP contribution is 2.29. The summed E-state index contributed by atoms with van der Waals surface area (Å²) in [6, 6.07) is 10.6. The summed E-state index contributed by atoms with van der Waals surface area (Å²) in [7, 11) is 0. The van der Waals surface area contributed by atoms with Crippen LogP contribution in [0.5, 0.6) is 0 Å². The van der Waals surface area contributed by atoms with E-state index in [2.05, 4.69) is 28.7 Å². The fraction of sp³-hybridized carbons (Fsp3) is 0.500. The molecular formula is C26H34FN3O2. The van der Waals surface area contributed by atoms with Crippen LogP contribution in [0.2, 0.25) is 0 Å². The number of benzene rings is 1. The predicted octanol–water partition coefficient (Wildman–Crippen LogP) is 4.79. The zero-order valence-electron chi connectivity index (χ0n) is 19.2. The number of ether oxygens (including phenoxy) is 1. The van der Waals surface area contributed by atoms with Gasteiger partial charge in [-0.3, -0.25) is 4.90 Å². The molecule has 2 fully saturated rings. The zero-order valence-corrected chi connectivity index (χ0v) is 19.2. The lowest BCUT2D eigenvalue weighted by Gasteiger charge is -2.43. The summed E-state index contributed by atoms with van der Waals surface area (Å²) in [6.07, 6.45) is 5.25. The van der Waals surface area contributed by atoms with Crippen LogP contribution in [-0.4, -0.2) is 58.4 Å². The van der Waals surface area contributed by atoms with Gasteiger partial charge in [0.15, 0.2) is 5.82 Å². The Morgan fingerprint density at radius 1 is 1.12 bits per heavy atom. The molecule has 32 heavy (non-hydrogen) atoms. The fourth-order valence-corrected chi connectivity index (χ4v) is 5.01.